The van der Waals surface area contributed by atoms with Crippen molar-refractivity contribution < 1.29 is 20.4 Å². The van der Waals surface area contributed by atoms with E-state index in [-0.39, 0.29) is 45.2 Å². The molecular weight excluding hydrogens is 639 g/mol. The van der Waals surface area contributed by atoms with Gasteiger partial charge >= 0.3 is 0 Å². The van der Waals surface area contributed by atoms with Crippen LogP contribution in [-0.4, -0.2) is 11.7 Å². The molecule has 0 N–H and O–H groups in total. The van der Waals surface area contributed by atoms with Crippen LogP contribution in [0.4, 0.5) is 11.4 Å². The molecule has 0 aliphatic carbocycles. The Morgan fingerprint density at radius 1 is 0.641 bits per heavy atom. The summed E-state index contributed by atoms with van der Waals surface area (Å²) in [6.07, 6.45) is 8.72. The number of pyridine rings is 1. The second kappa shape index (κ2) is 17.3. The predicted octanol–water partition coefficient (Wildman–Crippen LogP) is 10.3. The van der Waals surface area contributed by atoms with Crippen molar-refractivity contribution in [3.8, 4) is 0 Å². The van der Waals surface area contributed by atoms with Gasteiger partial charge < -0.3 is 14.8 Å². The van der Waals surface area contributed by atoms with Crippen LogP contribution < -0.4 is 9.80 Å². The maximum absolute atomic E-state index is 5.42. The van der Waals surface area contributed by atoms with Crippen molar-refractivity contribution in [3.63, 3.8) is 0 Å². The molecule has 0 unspecified atom stereocenters. The molecule has 3 nitrogen and oxygen atoms in total. The molecule has 218 valence electrons. The van der Waals surface area contributed by atoms with E-state index in [1.165, 1.54) is 33.6 Å². The van der Waals surface area contributed by atoms with Gasteiger partial charge in [0.15, 0.2) is 0 Å². The molecular formula is C32H43Cl3N3Pd-. The van der Waals surface area contributed by atoms with Crippen LogP contribution in [-0.2, 0) is 20.4 Å². The van der Waals surface area contributed by atoms with Crippen LogP contribution >= 0.6 is 36.4 Å². The van der Waals surface area contributed by atoms with Gasteiger partial charge in [-0.15, -0.1) is 42.5 Å². The molecule has 0 fully saturated rings. The first kappa shape index (κ1) is 37.5. The van der Waals surface area contributed by atoms with E-state index >= 15 is 0 Å². The molecule has 39 heavy (non-hydrogen) atoms. The van der Waals surface area contributed by atoms with Crippen LogP contribution in [0.15, 0.2) is 67.1 Å². The Kier molecular flexibility index (Phi) is 16.6. The predicted molar refractivity (Wildman–Crippen MR) is 171 cm³/mol. The molecule has 2 aromatic carbocycles. The Hall–Kier alpha value is -1.54. The summed E-state index contributed by atoms with van der Waals surface area (Å²) in [5.41, 5.74) is 8.52. The monoisotopic (exact) mass is 680 g/mol. The number of rotatable bonds is 6. The fourth-order valence-corrected chi connectivity index (χ4v) is 4.82. The maximum Gasteiger partial charge on any atom is 0.0989 e. The van der Waals surface area contributed by atoms with E-state index in [4.69, 9.17) is 11.6 Å². The van der Waals surface area contributed by atoms with Crippen molar-refractivity contribution in [1.82, 2.24) is 4.98 Å². The summed E-state index contributed by atoms with van der Waals surface area (Å²) in [6, 6.07) is 17.1. The van der Waals surface area contributed by atoms with Crippen LogP contribution in [0.5, 0.6) is 0 Å². The van der Waals surface area contributed by atoms with Gasteiger partial charge in [-0.2, -0.15) is 6.07 Å². The molecule has 7 heteroatoms. The number of hydrogen-bond donors (Lipinski definition) is 0. The summed E-state index contributed by atoms with van der Waals surface area (Å²) in [4.78, 5) is 8.53. The van der Waals surface area contributed by atoms with Gasteiger partial charge in [-0.3, -0.25) is 0 Å². The van der Waals surface area contributed by atoms with Crippen molar-refractivity contribution in [2.24, 2.45) is 0 Å². The quantitative estimate of drug-likeness (QED) is 0.191. The zero-order valence-electron chi connectivity index (χ0n) is 24.2. The molecule has 0 amide bonds. The molecule has 0 saturated heterocycles. The Balaban J connectivity index is 0.00000126. The van der Waals surface area contributed by atoms with Gasteiger partial charge in [-0.1, -0.05) is 109 Å². The normalized spacial score (nSPS) is 12.2. The summed E-state index contributed by atoms with van der Waals surface area (Å²) in [7, 11) is 0. The van der Waals surface area contributed by atoms with Gasteiger partial charge in [0, 0.05) is 44.2 Å². The molecule has 0 saturated carbocycles. The van der Waals surface area contributed by atoms with E-state index in [2.05, 4.69) is 125 Å². The fraction of sp³-hybridized carbons (Fsp3) is 0.406. The summed E-state index contributed by atoms with van der Waals surface area (Å²) in [6.45, 7) is 19.2. The van der Waals surface area contributed by atoms with Crippen LogP contribution in [0.25, 0.3) is 0 Å². The summed E-state index contributed by atoms with van der Waals surface area (Å²) in [5.74, 6) is 2.00. The van der Waals surface area contributed by atoms with E-state index < -0.39 is 0 Å². The SMILES string of the molecule is CC(C)c1cccc(C(C)C)c1N1C=CN(c2c(C(C)C)cccc2C(C)C)C1.Cl.Cl.Clc1[c-]nccc1.[Pd]. The minimum absolute atomic E-state index is 0. The second-order valence-electron chi connectivity index (χ2n) is 10.7. The standard InChI is InChI=1S/C27H38N2.C5H3ClN.2ClH.Pd/c1-18(2)22-11-9-12-23(19(3)4)26(22)28-15-16-29(17-28)27-24(20(5)6)13-10-14-25(27)21(7)8;6-5-2-1-3-7-4-5;;;/h9-16,18-21H,17H2,1-8H3;1-3H;2*1H;/q;-1;;;. The molecule has 0 spiro atoms. The average Bonchev–Trinajstić information content (AvgIpc) is 3.33. The molecule has 0 bridgehead atoms. The van der Waals surface area contributed by atoms with E-state index in [9.17, 15) is 0 Å². The van der Waals surface area contributed by atoms with Crippen molar-refractivity contribution >= 4 is 47.8 Å². The topological polar surface area (TPSA) is 19.4 Å². The molecule has 2 heterocycles. The molecule has 4 rings (SSSR count). The first-order valence-electron chi connectivity index (χ1n) is 13.1. The zero-order chi connectivity index (χ0) is 26.4. The molecule has 0 radical (unpaired) electrons. The van der Waals surface area contributed by atoms with Crippen LogP contribution in [0.2, 0.25) is 5.02 Å². The molecule has 0 atom stereocenters. The Bertz CT molecular complexity index is 1040. The fourth-order valence-electron chi connectivity index (χ4n) is 4.70. The van der Waals surface area contributed by atoms with Crippen LogP contribution in [0.3, 0.4) is 0 Å². The maximum atomic E-state index is 5.42. The first-order valence-corrected chi connectivity index (χ1v) is 13.4. The van der Waals surface area contributed by atoms with Crippen molar-refractivity contribution in [1.29, 1.82) is 0 Å². The number of anilines is 2. The molecule has 1 aliphatic rings. The van der Waals surface area contributed by atoms with Crippen molar-refractivity contribution in [3.05, 3.63) is 101 Å². The van der Waals surface area contributed by atoms with E-state index in [1.54, 1.807) is 18.3 Å². The van der Waals surface area contributed by atoms with Crippen molar-refractivity contribution in [2.75, 3.05) is 16.5 Å². The van der Waals surface area contributed by atoms with E-state index in [0.717, 1.165) is 6.67 Å². The van der Waals surface area contributed by atoms with Gasteiger partial charge in [0.1, 0.15) is 0 Å². The number of para-hydroxylation sites is 2. The third kappa shape index (κ3) is 9.52. The van der Waals surface area contributed by atoms with Gasteiger partial charge in [0.05, 0.1) is 6.67 Å². The third-order valence-electron chi connectivity index (χ3n) is 6.57. The molecule has 1 aromatic heterocycles. The Labute approximate surface area is 267 Å². The minimum atomic E-state index is 0. The number of nitrogens with zero attached hydrogens (tertiary/aromatic N) is 3. The van der Waals surface area contributed by atoms with Gasteiger partial charge in [-0.25, -0.2) is 0 Å². The van der Waals surface area contributed by atoms with E-state index in [0.29, 0.717) is 28.7 Å². The largest absolute Gasteiger partial charge is 0.393 e. The minimum Gasteiger partial charge on any atom is -0.393 e. The summed E-state index contributed by atoms with van der Waals surface area (Å²) < 4.78 is 0. The zero-order valence-corrected chi connectivity index (χ0v) is 28.2. The smallest absolute Gasteiger partial charge is 0.0989 e. The third-order valence-corrected chi connectivity index (χ3v) is 6.78. The van der Waals surface area contributed by atoms with Crippen LogP contribution in [0, 0.1) is 6.20 Å². The van der Waals surface area contributed by atoms with Crippen LogP contribution in [0.1, 0.15) is 101 Å². The molecule has 3 aromatic rings. The number of aromatic nitrogens is 1. The second-order valence-corrected chi connectivity index (χ2v) is 11.1. The number of hydrogen-bond acceptors (Lipinski definition) is 3. The van der Waals surface area contributed by atoms with Crippen molar-refractivity contribution in [2.45, 2.75) is 79.1 Å². The summed E-state index contributed by atoms with van der Waals surface area (Å²) >= 11 is 5.42. The Morgan fingerprint density at radius 3 is 1.23 bits per heavy atom. The number of halogens is 3. The Morgan fingerprint density at radius 2 is 1.00 bits per heavy atom. The number of benzene rings is 2. The summed E-state index contributed by atoms with van der Waals surface area (Å²) in [5, 5.41) is 0.558. The van der Waals surface area contributed by atoms with Gasteiger partial charge in [-0.05, 0) is 45.9 Å². The first-order chi connectivity index (χ1) is 17.1. The van der Waals surface area contributed by atoms with Gasteiger partial charge in [0.2, 0.25) is 0 Å². The van der Waals surface area contributed by atoms with Gasteiger partial charge in [0.25, 0.3) is 0 Å². The molecule has 1 aliphatic heterocycles. The average molecular weight is 682 g/mol. The van der Waals surface area contributed by atoms with E-state index in [1.807, 2.05) is 0 Å².